The first-order chi connectivity index (χ1) is 12.7. The van der Waals surface area contributed by atoms with E-state index >= 15 is 0 Å². The zero-order valence-corrected chi connectivity index (χ0v) is 13.6. The summed E-state index contributed by atoms with van der Waals surface area (Å²) in [6.45, 7) is 0. The second-order valence-corrected chi connectivity index (χ2v) is 6.25. The zero-order chi connectivity index (χ0) is 17.7. The molecule has 5 rings (SSSR count). The van der Waals surface area contributed by atoms with Crippen LogP contribution in [0.1, 0.15) is 26.4 Å². The van der Waals surface area contributed by atoms with Crippen molar-refractivity contribution in [1.29, 1.82) is 0 Å². The van der Waals surface area contributed by atoms with Gasteiger partial charge in [0.1, 0.15) is 23.2 Å². The molecular formula is C21H12N2O3. The summed E-state index contributed by atoms with van der Waals surface area (Å²) in [4.78, 5) is 32.7. The number of Topliss-reactive ketones (excluding diaryl/α,β-unsaturated/α-hetero) is 1. The van der Waals surface area contributed by atoms with E-state index in [-0.39, 0.29) is 22.8 Å². The fraction of sp³-hybridized carbons (Fsp3) is 0.0476. The van der Waals surface area contributed by atoms with E-state index in [1.807, 2.05) is 42.5 Å². The van der Waals surface area contributed by atoms with Crippen molar-refractivity contribution in [3.8, 4) is 0 Å². The first-order valence-corrected chi connectivity index (χ1v) is 8.20. The number of ketones is 2. The average Bonchev–Trinajstić information content (AvgIpc) is 3.04. The summed E-state index contributed by atoms with van der Waals surface area (Å²) in [5, 5.41) is 2.09. The van der Waals surface area contributed by atoms with Gasteiger partial charge >= 0.3 is 0 Å². The summed E-state index contributed by atoms with van der Waals surface area (Å²) in [6, 6.07) is 13.7. The van der Waals surface area contributed by atoms with Crippen molar-refractivity contribution >= 4 is 33.5 Å². The second-order valence-electron chi connectivity index (χ2n) is 6.25. The number of para-hydroxylation sites is 1. The number of furan rings is 1. The zero-order valence-electron chi connectivity index (χ0n) is 13.6. The number of fused-ring (bicyclic) bond motifs is 4. The van der Waals surface area contributed by atoms with Crippen LogP contribution in [0.4, 0.5) is 0 Å². The van der Waals surface area contributed by atoms with Gasteiger partial charge in [-0.1, -0.05) is 30.3 Å². The highest BCUT2D eigenvalue weighted by Gasteiger charge is 2.26. The van der Waals surface area contributed by atoms with Crippen molar-refractivity contribution in [3.05, 3.63) is 83.5 Å². The molecule has 0 spiro atoms. The van der Waals surface area contributed by atoms with Gasteiger partial charge in [-0.25, -0.2) is 9.97 Å². The Balaban J connectivity index is 1.54. The summed E-state index contributed by atoms with van der Waals surface area (Å²) >= 11 is 0. The Morgan fingerprint density at radius 2 is 1.81 bits per heavy atom. The molecule has 0 fully saturated rings. The normalized spacial score (nSPS) is 13.9. The molecule has 2 aromatic heterocycles. The molecule has 0 unspecified atom stereocenters. The Morgan fingerprint density at radius 3 is 2.73 bits per heavy atom. The van der Waals surface area contributed by atoms with Crippen molar-refractivity contribution in [3.63, 3.8) is 0 Å². The monoisotopic (exact) mass is 340 g/mol. The SMILES string of the molecule is O=C1C(Cc2ccc3c(c2)oc2ccccc23)=CC(=O)c2ncncc21. The van der Waals surface area contributed by atoms with E-state index in [2.05, 4.69) is 9.97 Å². The number of hydrogen-bond acceptors (Lipinski definition) is 5. The lowest BCUT2D eigenvalue weighted by Crippen LogP contribution is -2.20. The second kappa shape index (κ2) is 5.46. The van der Waals surface area contributed by atoms with E-state index in [1.54, 1.807) is 0 Å². The van der Waals surface area contributed by atoms with E-state index in [0.29, 0.717) is 12.0 Å². The van der Waals surface area contributed by atoms with Crippen LogP contribution in [0.15, 0.2) is 71.1 Å². The average molecular weight is 340 g/mol. The van der Waals surface area contributed by atoms with E-state index < -0.39 is 0 Å². The summed E-state index contributed by atoms with van der Waals surface area (Å²) in [5.74, 6) is -0.466. The summed E-state index contributed by atoms with van der Waals surface area (Å²) < 4.78 is 5.90. The van der Waals surface area contributed by atoms with Gasteiger partial charge in [0.15, 0.2) is 5.78 Å². The van der Waals surface area contributed by atoms with Gasteiger partial charge in [-0.2, -0.15) is 0 Å². The van der Waals surface area contributed by atoms with Crippen LogP contribution in [0, 0.1) is 0 Å². The molecule has 0 amide bonds. The van der Waals surface area contributed by atoms with Crippen molar-refractivity contribution in [2.75, 3.05) is 0 Å². The lowest BCUT2D eigenvalue weighted by molar-refractivity contribution is 0.0978. The van der Waals surface area contributed by atoms with Gasteiger partial charge in [-0.05, 0) is 23.8 Å². The standard InChI is InChI=1S/C21H12N2O3/c24-17-9-13(21(25)16-10-22-11-23-20(16)17)7-12-5-6-15-14-3-1-2-4-18(14)26-19(15)8-12/h1-6,8-11H,7H2. The molecule has 5 heteroatoms. The molecule has 1 aliphatic carbocycles. The number of hydrogen-bond donors (Lipinski definition) is 0. The number of aromatic nitrogens is 2. The Labute approximate surface area is 148 Å². The topological polar surface area (TPSA) is 73.1 Å². The highest BCUT2D eigenvalue weighted by atomic mass is 16.3. The largest absolute Gasteiger partial charge is 0.456 e. The maximum absolute atomic E-state index is 12.6. The predicted molar refractivity (Wildman–Crippen MR) is 96.2 cm³/mol. The minimum Gasteiger partial charge on any atom is -0.456 e. The summed E-state index contributed by atoms with van der Waals surface area (Å²) in [5.41, 5.74) is 3.37. The molecule has 4 aromatic rings. The molecule has 0 N–H and O–H groups in total. The van der Waals surface area contributed by atoms with Crippen LogP contribution >= 0.6 is 0 Å². The minimum atomic E-state index is -0.262. The Bertz CT molecular complexity index is 1250. The van der Waals surface area contributed by atoms with Crippen molar-refractivity contribution in [1.82, 2.24) is 9.97 Å². The molecule has 0 bridgehead atoms. The maximum atomic E-state index is 12.6. The number of carbonyl (C=O) groups is 2. The van der Waals surface area contributed by atoms with Crippen LogP contribution in [-0.2, 0) is 6.42 Å². The smallest absolute Gasteiger partial charge is 0.205 e. The molecule has 5 nitrogen and oxygen atoms in total. The van der Waals surface area contributed by atoms with E-state index in [1.165, 1.54) is 18.6 Å². The van der Waals surface area contributed by atoms with Crippen LogP contribution in [-0.4, -0.2) is 21.5 Å². The van der Waals surface area contributed by atoms with Gasteiger partial charge in [0, 0.05) is 29.0 Å². The van der Waals surface area contributed by atoms with Gasteiger partial charge in [-0.3, -0.25) is 9.59 Å². The van der Waals surface area contributed by atoms with Gasteiger partial charge in [0.05, 0.1) is 5.56 Å². The van der Waals surface area contributed by atoms with Crippen LogP contribution in [0.3, 0.4) is 0 Å². The van der Waals surface area contributed by atoms with Crippen LogP contribution in [0.25, 0.3) is 21.9 Å². The minimum absolute atomic E-state index is 0.168. The molecule has 124 valence electrons. The van der Waals surface area contributed by atoms with Crippen molar-refractivity contribution in [2.24, 2.45) is 0 Å². The predicted octanol–water partition coefficient (Wildman–Crippen LogP) is 3.92. The fourth-order valence-electron chi connectivity index (χ4n) is 3.39. The quantitative estimate of drug-likeness (QED) is 0.553. The molecule has 1 aliphatic rings. The number of carbonyl (C=O) groups excluding carboxylic acids is 2. The Morgan fingerprint density at radius 1 is 0.962 bits per heavy atom. The molecular weight excluding hydrogens is 328 g/mol. The number of benzene rings is 2. The molecule has 2 aromatic carbocycles. The molecule has 2 heterocycles. The molecule has 0 radical (unpaired) electrons. The van der Waals surface area contributed by atoms with Crippen LogP contribution < -0.4 is 0 Å². The summed E-state index contributed by atoms with van der Waals surface area (Å²) in [6.07, 6.45) is 4.41. The van der Waals surface area contributed by atoms with E-state index in [0.717, 1.165) is 27.5 Å². The highest BCUT2D eigenvalue weighted by Crippen LogP contribution is 2.30. The highest BCUT2D eigenvalue weighted by molar-refractivity contribution is 6.23. The Kier molecular flexibility index (Phi) is 3.09. The van der Waals surface area contributed by atoms with Crippen molar-refractivity contribution in [2.45, 2.75) is 6.42 Å². The van der Waals surface area contributed by atoms with E-state index in [9.17, 15) is 9.59 Å². The van der Waals surface area contributed by atoms with Crippen LogP contribution in [0.5, 0.6) is 0 Å². The van der Waals surface area contributed by atoms with Gasteiger partial charge in [0.25, 0.3) is 0 Å². The molecule has 26 heavy (non-hydrogen) atoms. The Hall–Kier alpha value is -3.60. The first kappa shape index (κ1) is 14.7. The third-order valence-corrected chi connectivity index (χ3v) is 4.62. The molecule has 0 saturated carbocycles. The first-order valence-electron chi connectivity index (χ1n) is 8.20. The van der Waals surface area contributed by atoms with Gasteiger partial charge in [0.2, 0.25) is 5.78 Å². The lowest BCUT2D eigenvalue weighted by Gasteiger charge is -2.13. The fourth-order valence-corrected chi connectivity index (χ4v) is 3.39. The van der Waals surface area contributed by atoms with Crippen LogP contribution in [0.2, 0.25) is 0 Å². The van der Waals surface area contributed by atoms with Crippen molar-refractivity contribution < 1.29 is 14.0 Å². The number of rotatable bonds is 2. The number of nitrogens with zero attached hydrogens (tertiary/aromatic N) is 2. The number of allylic oxidation sites excluding steroid dienone is 2. The third kappa shape index (κ3) is 2.18. The van der Waals surface area contributed by atoms with Gasteiger partial charge in [-0.15, -0.1) is 0 Å². The lowest BCUT2D eigenvalue weighted by atomic mass is 9.90. The van der Waals surface area contributed by atoms with Gasteiger partial charge < -0.3 is 4.42 Å². The summed E-state index contributed by atoms with van der Waals surface area (Å²) in [7, 11) is 0. The maximum Gasteiger partial charge on any atom is 0.205 e. The molecule has 0 aliphatic heterocycles. The van der Waals surface area contributed by atoms with E-state index in [4.69, 9.17) is 4.42 Å². The molecule has 0 saturated heterocycles. The third-order valence-electron chi connectivity index (χ3n) is 4.62. The molecule has 0 atom stereocenters.